The number of methoxy groups -OCH3 is 1. The largest absolute Gasteiger partial charge is 0.493 e. The van der Waals surface area contributed by atoms with Crippen LogP contribution in [0.2, 0.25) is 0 Å². The van der Waals surface area contributed by atoms with E-state index < -0.39 is 0 Å². The molecule has 0 unspecified atom stereocenters. The number of ether oxygens (including phenoxy) is 1. The topological polar surface area (TPSA) is 61.0 Å². The minimum atomic E-state index is 0.340. The first-order valence-corrected chi connectivity index (χ1v) is 4.97. The summed E-state index contributed by atoms with van der Waals surface area (Å²) in [5, 5.41) is 0. The van der Waals surface area contributed by atoms with Gasteiger partial charge in [-0.2, -0.15) is 0 Å². The molecule has 0 saturated heterocycles. The molecular formula is C10H15N3O. The number of hydrogen-bond donors (Lipinski definition) is 1. The molecule has 2 rings (SSSR count). The zero-order valence-electron chi connectivity index (χ0n) is 8.36. The van der Waals surface area contributed by atoms with Crippen molar-refractivity contribution in [2.45, 2.75) is 31.6 Å². The van der Waals surface area contributed by atoms with Crippen LogP contribution in [-0.2, 0) is 0 Å². The van der Waals surface area contributed by atoms with Gasteiger partial charge in [0, 0.05) is 5.92 Å². The average Bonchev–Trinajstić information content (AvgIpc) is 2.70. The Morgan fingerprint density at radius 2 is 2.14 bits per heavy atom. The highest BCUT2D eigenvalue weighted by molar-refractivity contribution is 5.33. The number of nitrogens with two attached hydrogens (primary N) is 1. The zero-order valence-corrected chi connectivity index (χ0v) is 8.36. The fourth-order valence-corrected chi connectivity index (χ4v) is 2.05. The van der Waals surface area contributed by atoms with Gasteiger partial charge in [0.2, 0.25) is 5.95 Å². The molecule has 1 heterocycles. The van der Waals surface area contributed by atoms with Gasteiger partial charge in [-0.25, -0.2) is 9.97 Å². The summed E-state index contributed by atoms with van der Waals surface area (Å²) in [5.74, 6) is 1.62. The molecule has 1 saturated carbocycles. The molecule has 14 heavy (non-hydrogen) atoms. The third-order valence-electron chi connectivity index (χ3n) is 2.76. The van der Waals surface area contributed by atoms with Gasteiger partial charge in [-0.3, -0.25) is 0 Å². The van der Waals surface area contributed by atoms with Gasteiger partial charge in [0.15, 0.2) is 5.75 Å². The highest BCUT2D eigenvalue weighted by atomic mass is 16.5. The Bertz CT molecular complexity index is 321. The second-order valence-electron chi connectivity index (χ2n) is 3.66. The van der Waals surface area contributed by atoms with Crippen LogP contribution in [0.25, 0.3) is 0 Å². The van der Waals surface area contributed by atoms with Crippen molar-refractivity contribution in [3.05, 3.63) is 11.9 Å². The third kappa shape index (κ3) is 1.64. The van der Waals surface area contributed by atoms with E-state index in [4.69, 9.17) is 10.5 Å². The van der Waals surface area contributed by atoms with Gasteiger partial charge in [0.25, 0.3) is 0 Å². The maximum Gasteiger partial charge on any atom is 0.220 e. The van der Waals surface area contributed by atoms with Gasteiger partial charge < -0.3 is 10.5 Å². The summed E-state index contributed by atoms with van der Waals surface area (Å²) in [4.78, 5) is 8.19. The highest BCUT2D eigenvalue weighted by Crippen LogP contribution is 2.37. The zero-order chi connectivity index (χ0) is 9.97. The molecular weight excluding hydrogens is 178 g/mol. The van der Waals surface area contributed by atoms with Crippen LogP contribution in [0, 0.1) is 0 Å². The van der Waals surface area contributed by atoms with E-state index in [0.29, 0.717) is 11.9 Å². The molecule has 1 aliphatic carbocycles. The minimum Gasteiger partial charge on any atom is -0.493 e. The van der Waals surface area contributed by atoms with Gasteiger partial charge in [-0.15, -0.1) is 0 Å². The van der Waals surface area contributed by atoms with Crippen LogP contribution < -0.4 is 10.5 Å². The smallest absolute Gasteiger partial charge is 0.220 e. The first kappa shape index (κ1) is 9.24. The standard InChI is InChI=1S/C10H15N3O/c1-14-8-6-12-10(11)13-9(8)7-4-2-3-5-7/h6-7H,2-5H2,1H3,(H2,11,12,13). The second kappa shape index (κ2) is 3.82. The van der Waals surface area contributed by atoms with E-state index in [2.05, 4.69) is 9.97 Å². The Morgan fingerprint density at radius 1 is 1.43 bits per heavy atom. The van der Waals surface area contributed by atoms with E-state index >= 15 is 0 Å². The Hall–Kier alpha value is -1.32. The second-order valence-corrected chi connectivity index (χ2v) is 3.66. The lowest BCUT2D eigenvalue weighted by Crippen LogP contribution is -2.05. The molecule has 1 fully saturated rings. The van der Waals surface area contributed by atoms with Crippen LogP contribution in [0.4, 0.5) is 5.95 Å². The third-order valence-corrected chi connectivity index (χ3v) is 2.76. The minimum absolute atomic E-state index is 0.340. The molecule has 0 spiro atoms. The normalized spacial score (nSPS) is 17.2. The average molecular weight is 193 g/mol. The highest BCUT2D eigenvalue weighted by Gasteiger charge is 2.22. The van der Waals surface area contributed by atoms with Crippen LogP contribution in [0.15, 0.2) is 6.20 Å². The number of nitrogens with zero attached hydrogens (tertiary/aromatic N) is 2. The van der Waals surface area contributed by atoms with Crippen molar-refractivity contribution in [2.75, 3.05) is 12.8 Å². The summed E-state index contributed by atoms with van der Waals surface area (Å²) in [6.07, 6.45) is 6.59. The molecule has 0 bridgehead atoms. The van der Waals surface area contributed by atoms with Crippen LogP contribution in [0.3, 0.4) is 0 Å². The van der Waals surface area contributed by atoms with E-state index in [1.54, 1.807) is 13.3 Å². The molecule has 0 aliphatic heterocycles. The van der Waals surface area contributed by atoms with E-state index in [-0.39, 0.29) is 0 Å². The predicted octanol–water partition coefficient (Wildman–Crippen LogP) is 1.72. The van der Waals surface area contributed by atoms with E-state index in [9.17, 15) is 0 Å². The molecule has 2 N–H and O–H groups in total. The molecule has 76 valence electrons. The lowest BCUT2D eigenvalue weighted by atomic mass is 10.0. The van der Waals surface area contributed by atoms with Crippen LogP contribution in [0.1, 0.15) is 37.3 Å². The molecule has 1 aliphatic rings. The fourth-order valence-electron chi connectivity index (χ4n) is 2.05. The van der Waals surface area contributed by atoms with Gasteiger partial charge in [0.05, 0.1) is 19.0 Å². The van der Waals surface area contributed by atoms with Crippen molar-refractivity contribution in [1.29, 1.82) is 0 Å². The maximum absolute atomic E-state index is 5.57. The van der Waals surface area contributed by atoms with Gasteiger partial charge in [-0.05, 0) is 12.8 Å². The fraction of sp³-hybridized carbons (Fsp3) is 0.600. The van der Waals surface area contributed by atoms with E-state index in [1.807, 2.05) is 0 Å². The molecule has 1 aromatic rings. The SMILES string of the molecule is COc1cnc(N)nc1C1CCCC1. The van der Waals surface area contributed by atoms with Crippen molar-refractivity contribution in [3.8, 4) is 5.75 Å². The molecule has 4 nitrogen and oxygen atoms in total. The van der Waals surface area contributed by atoms with Crippen molar-refractivity contribution >= 4 is 5.95 Å². The summed E-state index contributed by atoms with van der Waals surface area (Å²) in [7, 11) is 1.65. The number of rotatable bonds is 2. The van der Waals surface area contributed by atoms with Crippen LogP contribution in [-0.4, -0.2) is 17.1 Å². The lowest BCUT2D eigenvalue weighted by molar-refractivity contribution is 0.399. The summed E-state index contributed by atoms with van der Waals surface area (Å²) in [6, 6.07) is 0. The number of hydrogen-bond acceptors (Lipinski definition) is 4. The van der Waals surface area contributed by atoms with Crippen LogP contribution in [0.5, 0.6) is 5.75 Å². The first-order chi connectivity index (χ1) is 6.81. The number of anilines is 1. The molecule has 0 aromatic carbocycles. The lowest BCUT2D eigenvalue weighted by Gasteiger charge is -2.12. The van der Waals surface area contributed by atoms with Crippen molar-refractivity contribution < 1.29 is 4.74 Å². The number of nitrogen functional groups attached to an aromatic ring is 1. The summed E-state index contributed by atoms with van der Waals surface area (Å²) >= 11 is 0. The monoisotopic (exact) mass is 193 g/mol. The van der Waals surface area contributed by atoms with E-state index in [1.165, 1.54) is 25.7 Å². The summed E-state index contributed by atoms with van der Waals surface area (Å²) < 4.78 is 5.23. The summed E-state index contributed by atoms with van der Waals surface area (Å²) in [5.41, 5.74) is 6.56. The number of aromatic nitrogens is 2. The predicted molar refractivity (Wildman–Crippen MR) is 54.2 cm³/mol. The maximum atomic E-state index is 5.57. The van der Waals surface area contributed by atoms with Crippen LogP contribution >= 0.6 is 0 Å². The molecule has 0 atom stereocenters. The van der Waals surface area contributed by atoms with Gasteiger partial charge in [-0.1, -0.05) is 12.8 Å². The Kier molecular flexibility index (Phi) is 2.52. The Labute approximate surface area is 83.5 Å². The summed E-state index contributed by atoms with van der Waals surface area (Å²) in [6.45, 7) is 0. The quantitative estimate of drug-likeness (QED) is 0.777. The van der Waals surface area contributed by atoms with E-state index in [0.717, 1.165) is 11.4 Å². The first-order valence-electron chi connectivity index (χ1n) is 4.97. The van der Waals surface area contributed by atoms with Crippen molar-refractivity contribution in [1.82, 2.24) is 9.97 Å². The van der Waals surface area contributed by atoms with Crippen molar-refractivity contribution in [2.24, 2.45) is 0 Å². The molecule has 4 heteroatoms. The molecule has 0 amide bonds. The molecule has 1 aromatic heterocycles. The van der Waals surface area contributed by atoms with Gasteiger partial charge in [0.1, 0.15) is 0 Å². The van der Waals surface area contributed by atoms with Crippen molar-refractivity contribution in [3.63, 3.8) is 0 Å². The Morgan fingerprint density at radius 3 is 2.79 bits per heavy atom. The molecule has 0 radical (unpaired) electrons. The Balaban J connectivity index is 2.33. The van der Waals surface area contributed by atoms with Gasteiger partial charge >= 0.3 is 0 Å².